The van der Waals surface area contributed by atoms with Gasteiger partial charge >= 0.3 is 5.97 Å². The Morgan fingerprint density at radius 2 is 2.15 bits per heavy atom. The number of rotatable bonds is 7. The smallest absolute Gasteiger partial charge is 0.326 e. The van der Waals surface area contributed by atoms with Crippen LogP contribution in [0.3, 0.4) is 0 Å². The Morgan fingerprint density at radius 3 is 2.75 bits per heavy atom. The molecule has 1 aromatic rings. The molecule has 0 fully saturated rings. The summed E-state index contributed by atoms with van der Waals surface area (Å²) in [5, 5.41) is 11.3. The second kappa shape index (κ2) is 8.37. The highest BCUT2D eigenvalue weighted by atomic mass is 32.2. The molecule has 0 heterocycles. The van der Waals surface area contributed by atoms with E-state index in [0.29, 0.717) is 12.2 Å². The number of carbonyl (C=O) groups is 2. The highest BCUT2D eigenvalue weighted by Gasteiger charge is 2.17. The van der Waals surface area contributed by atoms with Crippen LogP contribution in [0, 0.1) is 5.82 Å². The number of halogens is 1. The van der Waals surface area contributed by atoms with Gasteiger partial charge in [-0.25, -0.2) is 9.18 Å². The fraction of sp³-hybridized carbons (Fsp3) is 0.286. The van der Waals surface area contributed by atoms with Crippen molar-refractivity contribution in [1.82, 2.24) is 5.32 Å². The van der Waals surface area contributed by atoms with Crippen molar-refractivity contribution in [2.75, 3.05) is 12.0 Å². The molecule has 1 aromatic carbocycles. The number of benzene rings is 1. The molecule has 1 rings (SSSR count). The summed E-state index contributed by atoms with van der Waals surface area (Å²) in [6.45, 7) is 0. The molecule has 20 heavy (non-hydrogen) atoms. The standard InChI is InChI=1S/C14H16FNO3S/c1-20-9-8-12(14(18)19)16-13(17)7-6-10-4-2-3-5-11(10)15/h2-7,12H,8-9H2,1H3,(H,16,17)(H,18,19)/b7-6+/t12-/m1/s1. The molecule has 0 aliphatic rings. The van der Waals surface area contributed by atoms with E-state index in [9.17, 15) is 14.0 Å². The van der Waals surface area contributed by atoms with E-state index in [1.165, 1.54) is 30.0 Å². The van der Waals surface area contributed by atoms with Gasteiger partial charge in [-0.1, -0.05) is 18.2 Å². The van der Waals surface area contributed by atoms with Crippen LogP contribution in [-0.2, 0) is 9.59 Å². The van der Waals surface area contributed by atoms with Crippen molar-refractivity contribution in [2.24, 2.45) is 0 Å². The molecule has 0 saturated carbocycles. The van der Waals surface area contributed by atoms with Crippen molar-refractivity contribution in [3.8, 4) is 0 Å². The Balaban J connectivity index is 2.61. The average Bonchev–Trinajstić information content (AvgIpc) is 2.42. The van der Waals surface area contributed by atoms with Gasteiger partial charge in [-0.05, 0) is 30.6 Å². The van der Waals surface area contributed by atoms with Crippen LogP contribution >= 0.6 is 11.8 Å². The lowest BCUT2D eigenvalue weighted by molar-refractivity contribution is -0.141. The van der Waals surface area contributed by atoms with Crippen LogP contribution in [0.25, 0.3) is 6.08 Å². The van der Waals surface area contributed by atoms with Crippen molar-refractivity contribution < 1.29 is 19.1 Å². The average molecular weight is 297 g/mol. The molecule has 0 radical (unpaired) electrons. The van der Waals surface area contributed by atoms with E-state index >= 15 is 0 Å². The molecule has 0 saturated heterocycles. The van der Waals surface area contributed by atoms with Crippen LogP contribution in [0.15, 0.2) is 30.3 Å². The van der Waals surface area contributed by atoms with Crippen molar-refractivity contribution in [3.05, 3.63) is 41.7 Å². The molecule has 0 spiro atoms. The van der Waals surface area contributed by atoms with E-state index in [-0.39, 0.29) is 5.56 Å². The van der Waals surface area contributed by atoms with Crippen molar-refractivity contribution in [1.29, 1.82) is 0 Å². The van der Waals surface area contributed by atoms with Crippen molar-refractivity contribution in [3.63, 3.8) is 0 Å². The van der Waals surface area contributed by atoms with E-state index in [0.717, 1.165) is 6.08 Å². The molecule has 0 aliphatic heterocycles. The van der Waals surface area contributed by atoms with E-state index in [1.54, 1.807) is 12.1 Å². The minimum atomic E-state index is -1.08. The fourth-order valence-electron chi connectivity index (χ4n) is 1.49. The Kier molecular flexibility index (Phi) is 6.79. The zero-order chi connectivity index (χ0) is 15.0. The van der Waals surface area contributed by atoms with Gasteiger partial charge in [-0.15, -0.1) is 0 Å². The van der Waals surface area contributed by atoms with Crippen LogP contribution in [0.2, 0.25) is 0 Å². The molecule has 2 N–H and O–H groups in total. The zero-order valence-electron chi connectivity index (χ0n) is 11.0. The summed E-state index contributed by atoms with van der Waals surface area (Å²) in [4.78, 5) is 22.6. The largest absolute Gasteiger partial charge is 0.480 e. The molecule has 4 nitrogen and oxygen atoms in total. The summed E-state index contributed by atoms with van der Waals surface area (Å²) in [7, 11) is 0. The predicted molar refractivity (Wildman–Crippen MR) is 78.0 cm³/mol. The van der Waals surface area contributed by atoms with Crippen molar-refractivity contribution in [2.45, 2.75) is 12.5 Å². The lowest BCUT2D eigenvalue weighted by atomic mass is 10.2. The molecular weight excluding hydrogens is 281 g/mol. The first-order valence-corrected chi connectivity index (χ1v) is 7.39. The van der Waals surface area contributed by atoms with Crippen LogP contribution < -0.4 is 5.32 Å². The molecule has 0 aromatic heterocycles. The molecule has 6 heteroatoms. The summed E-state index contributed by atoms with van der Waals surface area (Å²) >= 11 is 1.50. The van der Waals surface area contributed by atoms with Gasteiger partial charge in [-0.2, -0.15) is 11.8 Å². The third-order valence-electron chi connectivity index (χ3n) is 2.54. The maximum absolute atomic E-state index is 13.3. The van der Waals surface area contributed by atoms with Gasteiger partial charge < -0.3 is 10.4 Å². The molecule has 1 atom stereocenters. The topological polar surface area (TPSA) is 66.4 Å². The molecule has 0 aliphatic carbocycles. The monoisotopic (exact) mass is 297 g/mol. The SMILES string of the molecule is CSCC[C@@H](NC(=O)/C=C/c1ccccc1F)C(=O)O. The number of carboxylic acid groups (broad SMARTS) is 1. The van der Waals surface area contributed by atoms with Crippen LogP contribution in [0.4, 0.5) is 4.39 Å². The second-order valence-electron chi connectivity index (χ2n) is 4.04. The summed E-state index contributed by atoms with van der Waals surface area (Å²) in [5.41, 5.74) is 0.277. The molecule has 0 bridgehead atoms. The van der Waals surface area contributed by atoms with Gasteiger partial charge in [0.1, 0.15) is 11.9 Å². The lowest BCUT2D eigenvalue weighted by Gasteiger charge is -2.12. The van der Waals surface area contributed by atoms with E-state index in [1.807, 2.05) is 6.26 Å². The maximum Gasteiger partial charge on any atom is 0.326 e. The Labute approximate surface area is 121 Å². The number of carbonyl (C=O) groups excluding carboxylic acids is 1. The third-order valence-corrected chi connectivity index (χ3v) is 3.19. The van der Waals surface area contributed by atoms with E-state index < -0.39 is 23.7 Å². The van der Waals surface area contributed by atoms with Crippen LogP contribution in [0.5, 0.6) is 0 Å². The predicted octanol–water partition coefficient (Wildman–Crippen LogP) is 2.16. The summed E-state index contributed by atoms with van der Waals surface area (Å²) in [6.07, 6.45) is 4.65. The first-order chi connectivity index (χ1) is 9.54. The summed E-state index contributed by atoms with van der Waals surface area (Å²) in [6, 6.07) is 5.09. The van der Waals surface area contributed by atoms with Gasteiger partial charge in [0, 0.05) is 11.6 Å². The minimum Gasteiger partial charge on any atom is -0.480 e. The van der Waals surface area contributed by atoms with Gasteiger partial charge in [-0.3, -0.25) is 4.79 Å². The number of amides is 1. The van der Waals surface area contributed by atoms with Crippen LogP contribution in [-0.4, -0.2) is 35.0 Å². The van der Waals surface area contributed by atoms with Crippen LogP contribution in [0.1, 0.15) is 12.0 Å². The maximum atomic E-state index is 13.3. The number of carboxylic acids is 1. The Bertz CT molecular complexity index is 505. The highest BCUT2D eigenvalue weighted by molar-refractivity contribution is 7.98. The first kappa shape index (κ1) is 16.2. The molecule has 0 unspecified atom stereocenters. The fourth-order valence-corrected chi connectivity index (χ4v) is 1.96. The van der Waals surface area contributed by atoms with Gasteiger partial charge in [0.2, 0.25) is 5.91 Å². The van der Waals surface area contributed by atoms with Gasteiger partial charge in [0.15, 0.2) is 0 Å². The zero-order valence-corrected chi connectivity index (χ0v) is 11.8. The quantitative estimate of drug-likeness (QED) is 0.757. The van der Waals surface area contributed by atoms with Crippen molar-refractivity contribution >= 4 is 29.7 Å². The molecule has 1 amide bonds. The Morgan fingerprint density at radius 1 is 1.45 bits per heavy atom. The first-order valence-electron chi connectivity index (χ1n) is 5.99. The number of aliphatic carboxylic acids is 1. The lowest BCUT2D eigenvalue weighted by Crippen LogP contribution is -2.40. The number of thioether (sulfide) groups is 1. The Hall–Kier alpha value is -1.82. The minimum absolute atomic E-state index is 0.277. The summed E-state index contributed by atoms with van der Waals surface area (Å²) in [5.74, 6) is -1.43. The number of hydrogen-bond donors (Lipinski definition) is 2. The van der Waals surface area contributed by atoms with Gasteiger partial charge in [0.05, 0.1) is 0 Å². The molecular formula is C14H16FNO3S. The van der Waals surface area contributed by atoms with E-state index in [2.05, 4.69) is 5.32 Å². The number of nitrogens with one attached hydrogen (secondary N) is 1. The molecule has 108 valence electrons. The second-order valence-corrected chi connectivity index (χ2v) is 5.02. The van der Waals surface area contributed by atoms with Gasteiger partial charge in [0.25, 0.3) is 0 Å². The highest BCUT2D eigenvalue weighted by Crippen LogP contribution is 2.08. The third kappa shape index (κ3) is 5.44. The van der Waals surface area contributed by atoms with E-state index in [4.69, 9.17) is 5.11 Å². The normalized spacial score (nSPS) is 12.3. The summed E-state index contributed by atoms with van der Waals surface area (Å²) < 4.78 is 13.3. The number of hydrogen-bond acceptors (Lipinski definition) is 3.